The molecule has 0 unspecified atom stereocenters. The third kappa shape index (κ3) is 3.93. The smallest absolute Gasteiger partial charge is 0.0722 e. The average Bonchev–Trinajstić information content (AvgIpc) is 3.31. The topological polar surface area (TPSA) is 16.1 Å². The first-order valence-electron chi connectivity index (χ1n) is 13.6. The predicted octanol–water partition coefficient (Wildman–Crippen LogP) is 10.2. The number of hydrogen-bond acceptors (Lipinski definition) is 2. The summed E-state index contributed by atoms with van der Waals surface area (Å²) in [5, 5.41) is 1.13. The summed E-state index contributed by atoms with van der Waals surface area (Å²) in [4.78, 5) is 6.89. The molecule has 0 fully saturated rings. The minimum atomic E-state index is 0.980. The van der Waals surface area contributed by atoms with Crippen LogP contribution in [-0.2, 0) is 0 Å². The normalized spacial score (nSPS) is 12.3. The van der Waals surface area contributed by atoms with E-state index in [4.69, 9.17) is 0 Å². The summed E-state index contributed by atoms with van der Waals surface area (Å²) >= 11 is 0. The molecule has 1 heterocycles. The lowest BCUT2D eigenvalue weighted by molar-refractivity contribution is 1.28. The van der Waals surface area contributed by atoms with Crippen molar-refractivity contribution in [3.8, 4) is 11.1 Å². The molecule has 7 rings (SSSR count). The van der Waals surface area contributed by atoms with Gasteiger partial charge in [-0.05, 0) is 93.9 Å². The van der Waals surface area contributed by atoms with Crippen molar-refractivity contribution < 1.29 is 0 Å². The molecule has 1 aliphatic rings. The second-order valence-electron chi connectivity index (χ2n) is 10.1. The van der Waals surface area contributed by atoms with Crippen molar-refractivity contribution >= 4 is 39.1 Å². The van der Waals surface area contributed by atoms with Gasteiger partial charge in [-0.25, -0.2) is 0 Å². The maximum Gasteiger partial charge on any atom is 0.0722 e. The zero-order chi connectivity index (χ0) is 27.1. The highest BCUT2D eigenvalue weighted by Gasteiger charge is 2.25. The van der Waals surface area contributed by atoms with E-state index in [9.17, 15) is 0 Å². The molecule has 5 aromatic carbocycles. The molecule has 0 saturated carbocycles. The average molecular weight is 513 g/mol. The van der Waals surface area contributed by atoms with E-state index in [-0.39, 0.29) is 0 Å². The molecule has 0 spiro atoms. The Balaban J connectivity index is 1.30. The Morgan fingerprint density at radius 3 is 2.15 bits per heavy atom. The SMILES string of the molecule is C=C1c2ccccc2-c2cccc(/C(=C\C)c3ccc(N(c4ccccc4)c4ccc5cccnc5c4)cc3)c21. The van der Waals surface area contributed by atoms with E-state index in [1.807, 2.05) is 12.3 Å². The highest BCUT2D eigenvalue weighted by atomic mass is 15.1. The van der Waals surface area contributed by atoms with Gasteiger partial charge in [-0.2, -0.15) is 0 Å². The van der Waals surface area contributed by atoms with Gasteiger partial charge in [0.2, 0.25) is 0 Å². The summed E-state index contributed by atoms with van der Waals surface area (Å²) in [6.07, 6.45) is 4.06. The number of nitrogens with zero attached hydrogens (tertiary/aromatic N) is 2. The van der Waals surface area contributed by atoms with Crippen molar-refractivity contribution in [2.24, 2.45) is 0 Å². The van der Waals surface area contributed by atoms with Gasteiger partial charge in [-0.1, -0.05) is 97.6 Å². The highest BCUT2D eigenvalue weighted by molar-refractivity contribution is 6.05. The summed E-state index contributed by atoms with van der Waals surface area (Å²) in [5.41, 5.74) is 13.9. The third-order valence-electron chi connectivity index (χ3n) is 7.79. The van der Waals surface area contributed by atoms with Gasteiger partial charge in [-0.15, -0.1) is 0 Å². The van der Waals surface area contributed by atoms with Crippen LogP contribution in [0, 0.1) is 0 Å². The molecule has 0 amide bonds. The molecule has 0 radical (unpaired) electrons. The van der Waals surface area contributed by atoms with Gasteiger partial charge in [0.15, 0.2) is 0 Å². The van der Waals surface area contributed by atoms with Gasteiger partial charge < -0.3 is 4.90 Å². The number of rotatable bonds is 5. The van der Waals surface area contributed by atoms with E-state index in [1.165, 1.54) is 39.0 Å². The Bertz CT molecular complexity index is 1910. The van der Waals surface area contributed by atoms with E-state index < -0.39 is 0 Å². The fourth-order valence-electron chi connectivity index (χ4n) is 5.93. The molecule has 1 aliphatic carbocycles. The summed E-state index contributed by atoms with van der Waals surface area (Å²) in [6.45, 7) is 6.61. The van der Waals surface area contributed by atoms with Crippen molar-refractivity contribution in [3.63, 3.8) is 0 Å². The van der Waals surface area contributed by atoms with Crippen LogP contribution in [0.5, 0.6) is 0 Å². The number of para-hydroxylation sites is 1. The second-order valence-corrected chi connectivity index (χ2v) is 10.1. The highest BCUT2D eigenvalue weighted by Crippen LogP contribution is 2.47. The van der Waals surface area contributed by atoms with Crippen LogP contribution in [0.1, 0.15) is 29.2 Å². The van der Waals surface area contributed by atoms with Crippen LogP contribution in [0.2, 0.25) is 0 Å². The van der Waals surface area contributed by atoms with Crippen LogP contribution in [0.4, 0.5) is 17.1 Å². The Labute approximate surface area is 235 Å². The van der Waals surface area contributed by atoms with Gasteiger partial charge in [-0.3, -0.25) is 4.98 Å². The number of benzene rings is 5. The lowest BCUT2D eigenvalue weighted by Gasteiger charge is -2.26. The lowest BCUT2D eigenvalue weighted by atomic mass is 9.90. The quantitative estimate of drug-likeness (QED) is 0.228. The van der Waals surface area contributed by atoms with Gasteiger partial charge in [0.05, 0.1) is 5.52 Å². The molecular weight excluding hydrogens is 484 g/mol. The number of anilines is 3. The Morgan fingerprint density at radius 2 is 1.35 bits per heavy atom. The summed E-state index contributed by atoms with van der Waals surface area (Å²) in [7, 11) is 0. The predicted molar refractivity (Wildman–Crippen MR) is 169 cm³/mol. The molecule has 40 heavy (non-hydrogen) atoms. The van der Waals surface area contributed by atoms with E-state index in [0.29, 0.717) is 0 Å². The van der Waals surface area contributed by atoms with Crippen LogP contribution < -0.4 is 4.90 Å². The third-order valence-corrected chi connectivity index (χ3v) is 7.79. The molecule has 0 saturated heterocycles. The second kappa shape index (κ2) is 9.83. The van der Waals surface area contributed by atoms with E-state index in [1.54, 1.807) is 0 Å². The van der Waals surface area contributed by atoms with Crippen LogP contribution >= 0.6 is 0 Å². The summed E-state index contributed by atoms with van der Waals surface area (Å²) in [6, 6.07) is 45.1. The summed E-state index contributed by atoms with van der Waals surface area (Å²) < 4.78 is 0. The minimum absolute atomic E-state index is 0.980. The molecule has 2 nitrogen and oxygen atoms in total. The first-order valence-corrected chi connectivity index (χ1v) is 13.6. The van der Waals surface area contributed by atoms with Gasteiger partial charge in [0.1, 0.15) is 0 Å². The molecule has 0 aliphatic heterocycles. The first-order chi connectivity index (χ1) is 19.7. The number of pyridine rings is 1. The van der Waals surface area contributed by atoms with Crippen LogP contribution in [0.25, 0.3) is 33.2 Å². The molecule has 2 heteroatoms. The van der Waals surface area contributed by atoms with Crippen molar-refractivity contribution in [2.75, 3.05) is 4.90 Å². The molecule has 190 valence electrons. The number of allylic oxidation sites excluding steroid dienone is 1. The molecule has 0 bridgehead atoms. The Kier molecular flexibility index (Phi) is 5.87. The van der Waals surface area contributed by atoms with Crippen LogP contribution in [0.15, 0.2) is 146 Å². The fourth-order valence-corrected chi connectivity index (χ4v) is 5.93. The van der Waals surface area contributed by atoms with Gasteiger partial charge >= 0.3 is 0 Å². The summed E-state index contributed by atoms with van der Waals surface area (Å²) in [5.74, 6) is 0. The standard InChI is InChI=1S/C38H28N2/c1-3-32(35-16-9-17-36-34-15-8-7-14-33(34)26(2)38(35)36)27-18-21-30(22-19-27)40(29-12-5-4-6-13-29)31-23-20-28-11-10-24-39-37(28)25-31/h3-25H,2H2,1H3/b32-3-. The van der Waals surface area contributed by atoms with E-state index in [2.05, 4.69) is 151 Å². The van der Waals surface area contributed by atoms with Crippen LogP contribution in [0.3, 0.4) is 0 Å². The molecule has 0 N–H and O–H groups in total. The maximum absolute atomic E-state index is 4.60. The molecule has 0 atom stereocenters. The van der Waals surface area contributed by atoms with E-state index >= 15 is 0 Å². The monoisotopic (exact) mass is 512 g/mol. The van der Waals surface area contributed by atoms with Crippen LogP contribution in [-0.4, -0.2) is 4.98 Å². The first kappa shape index (κ1) is 23.9. The largest absolute Gasteiger partial charge is 0.310 e. The molecular formula is C38H28N2. The maximum atomic E-state index is 4.60. The van der Waals surface area contributed by atoms with Crippen molar-refractivity contribution in [1.29, 1.82) is 0 Å². The Morgan fingerprint density at radius 1 is 0.650 bits per heavy atom. The fraction of sp³-hybridized carbons (Fsp3) is 0.0263. The van der Waals surface area contributed by atoms with Crippen molar-refractivity contribution in [1.82, 2.24) is 4.98 Å². The lowest BCUT2D eigenvalue weighted by Crippen LogP contribution is -2.10. The zero-order valence-electron chi connectivity index (χ0n) is 22.4. The number of fused-ring (bicyclic) bond motifs is 4. The number of hydrogen-bond donors (Lipinski definition) is 0. The van der Waals surface area contributed by atoms with Gasteiger partial charge in [0.25, 0.3) is 0 Å². The molecule has 1 aromatic heterocycles. The van der Waals surface area contributed by atoms with Crippen molar-refractivity contribution in [2.45, 2.75) is 6.92 Å². The van der Waals surface area contributed by atoms with E-state index in [0.717, 1.165) is 33.5 Å². The Hall–Kier alpha value is -5.21. The molecule has 6 aromatic rings. The van der Waals surface area contributed by atoms with Crippen molar-refractivity contribution in [3.05, 3.63) is 168 Å². The van der Waals surface area contributed by atoms with Gasteiger partial charge in [0, 0.05) is 28.6 Å². The minimum Gasteiger partial charge on any atom is -0.310 e. The number of aromatic nitrogens is 1. The zero-order valence-corrected chi connectivity index (χ0v) is 22.4.